The van der Waals surface area contributed by atoms with E-state index in [9.17, 15) is 9.59 Å². The average Bonchev–Trinajstić information content (AvgIpc) is 3.25. The van der Waals surface area contributed by atoms with Gasteiger partial charge in [0.25, 0.3) is 0 Å². The molecular weight excluding hydrogens is 306 g/mol. The summed E-state index contributed by atoms with van der Waals surface area (Å²) in [6, 6.07) is 9.48. The van der Waals surface area contributed by atoms with Crippen LogP contribution in [-0.4, -0.2) is 28.9 Å². The number of aryl methyl sites for hydroxylation is 2. The Kier molecular flexibility index (Phi) is 3.95. The third kappa shape index (κ3) is 2.70. The van der Waals surface area contributed by atoms with Crippen LogP contribution in [0.15, 0.2) is 34.7 Å². The smallest absolute Gasteiger partial charge is 0.339 e. The van der Waals surface area contributed by atoms with Gasteiger partial charge in [0.15, 0.2) is 0 Å². The molecule has 1 fully saturated rings. The summed E-state index contributed by atoms with van der Waals surface area (Å²) < 4.78 is 5.48. The molecule has 3 rings (SSSR count). The van der Waals surface area contributed by atoms with Gasteiger partial charge >= 0.3 is 5.97 Å². The zero-order valence-corrected chi connectivity index (χ0v) is 14.1. The summed E-state index contributed by atoms with van der Waals surface area (Å²) in [5, 5.41) is 9.10. The number of carbonyl (C=O) groups excluding carboxylic acids is 1. The van der Waals surface area contributed by atoms with Gasteiger partial charge in [0.1, 0.15) is 17.1 Å². The number of benzene rings is 1. The zero-order chi connectivity index (χ0) is 17.5. The molecule has 0 aliphatic heterocycles. The minimum atomic E-state index is -1.02. The van der Waals surface area contributed by atoms with Gasteiger partial charge in [0.05, 0.1) is 12.0 Å². The van der Waals surface area contributed by atoms with Crippen molar-refractivity contribution in [2.24, 2.45) is 0 Å². The van der Waals surface area contributed by atoms with Crippen molar-refractivity contribution >= 4 is 11.9 Å². The fourth-order valence-electron chi connectivity index (χ4n) is 3.34. The molecule has 1 aliphatic carbocycles. The second-order valence-corrected chi connectivity index (χ2v) is 6.55. The van der Waals surface area contributed by atoms with Crippen LogP contribution in [0, 0.1) is 13.8 Å². The number of carboxylic acids is 1. The molecule has 5 heteroatoms. The lowest BCUT2D eigenvalue weighted by molar-refractivity contribution is -0.133. The third-order valence-corrected chi connectivity index (χ3v) is 4.76. The van der Waals surface area contributed by atoms with Gasteiger partial charge in [0, 0.05) is 7.05 Å². The van der Waals surface area contributed by atoms with Crippen molar-refractivity contribution in [2.75, 3.05) is 7.05 Å². The molecule has 2 aromatic rings. The van der Waals surface area contributed by atoms with Crippen molar-refractivity contribution in [1.82, 2.24) is 4.90 Å². The number of carbonyl (C=O) groups is 2. The number of hydrogen-bond acceptors (Lipinski definition) is 3. The summed E-state index contributed by atoms with van der Waals surface area (Å²) in [5.74, 6) is -0.113. The largest absolute Gasteiger partial charge is 0.478 e. The minimum absolute atomic E-state index is 0.0581. The monoisotopic (exact) mass is 327 g/mol. The van der Waals surface area contributed by atoms with Crippen molar-refractivity contribution in [3.8, 4) is 0 Å². The minimum Gasteiger partial charge on any atom is -0.478 e. The molecule has 0 unspecified atom stereocenters. The van der Waals surface area contributed by atoms with Gasteiger partial charge in [-0.1, -0.05) is 24.3 Å². The van der Waals surface area contributed by atoms with Crippen LogP contribution in [0.1, 0.15) is 45.8 Å². The summed E-state index contributed by atoms with van der Waals surface area (Å²) in [4.78, 5) is 25.7. The second-order valence-electron chi connectivity index (χ2n) is 6.55. The molecule has 5 nitrogen and oxygen atoms in total. The maximum atomic E-state index is 13.0. The Hall–Kier alpha value is -2.56. The predicted octanol–water partition coefficient (Wildman–Crippen LogP) is 3.28. The summed E-state index contributed by atoms with van der Waals surface area (Å²) in [5.41, 5.74) is 1.92. The molecule has 1 heterocycles. The van der Waals surface area contributed by atoms with E-state index in [1.807, 2.05) is 31.2 Å². The first-order valence-corrected chi connectivity index (χ1v) is 7.99. The highest BCUT2D eigenvalue weighted by Crippen LogP contribution is 2.50. The Labute approximate surface area is 140 Å². The van der Waals surface area contributed by atoms with Crippen LogP contribution in [0.25, 0.3) is 0 Å². The Bertz CT molecular complexity index is 801. The lowest BCUT2D eigenvalue weighted by Crippen LogP contribution is -2.36. The van der Waals surface area contributed by atoms with E-state index in [2.05, 4.69) is 0 Å². The van der Waals surface area contributed by atoms with E-state index >= 15 is 0 Å². The Morgan fingerprint density at radius 2 is 1.92 bits per heavy atom. The number of hydrogen-bond donors (Lipinski definition) is 1. The fraction of sp³-hybridized carbons (Fsp3) is 0.368. The van der Waals surface area contributed by atoms with Crippen LogP contribution in [0.4, 0.5) is 0 Å². The molecule has 1 N–H and O–H groups in total. The molecule has 1 saturated carbocycles. The van der Waals surface area contributed by atoms with E-state index in [0.717, 1.165) is 24.0 Å². The van der Waals surface area contributed by atoms with Crippen LogP contribution < -0.4 is 0 Å². The lowest BCUT2D eigenvalue weighted by atomic mass is 9.90. The third-order valence-electron chi connectivity index (χ3n) is 4.76. The maximum Gasteiger partial charge on any atom is 0.339 e. The molecule has 1 amide bonds. The highest BCUT2D eigenvalue weighted by Gasteiger charge is 2.53. The molecule has 126 valence electrons. The van der Waals surface area contributed by atoms with E-state index in [-0.39, 0.29) is 18.0 Å². The second kappa shape index (κ2) is 5.82. The van der Waals surface area contributed by atoms with Gasteiger partial charge in [-0.2, -0.15) is 0 Å². The number of furan rings is 1. The molecule has 0 radical (unpaired) electrons. The molecule has 1 aliphatic rings. The predicted molar refractivity (Wildman–Crippen MR) is 89.0 cm³/mol. The van der Waals surface area contributed by atoms with Gasteiger partial charge in [0.2, 0.25) is 5.91 Å². The van der Waals surface area contributed by atoms with Gasteiger partial charge in [-0.25, -0.2) is 4.79 Å². The van der Waals surface area contributed by atoms with Crippen molar-refractivity contribution in [3.63, 3.8) is 0 Å². The molecule has 0 atom stereocenters. The molecule has 1 aromatic carbocycles. The number of likely N-dealkylation sites (N-methyl/N-ethyl adjacent to an activating group) is 1. The van der Waals surface area contributed by atoms with Gasteiger partial charge < -0.3 is 14.4 Å². The van der Waals surface area contributed by atoms with E-state index in [4.69, 9.17) is 9.52 Å². The summed E-state index contributed by atoms with van der Waals surface area (Å²) in [7, 11) is 1.74. The van der Waals surface area contributed by atoms with E-state index < -0.39 is 11.4 Å². The molecule has 0 saturated heterocycles. The van der Waals surface area contributed by atoms with Crippen LogP contribution in [0.2, 0.25) is 0 Å². The van der Waals surface area contributed by atoms with Crippen molar-refractivity contribution in [1.29, 1.82) is 0 Å². The van der Waals surface area contributed by atoms with Crippen molar-refractivity contribution in [2.45, 2.75) is 38.6 Å². The van der Waals surface area contributed by atoms with E-state index in [1.54, 1.807) is 18.9 Å². The van der Waals surface area contributed by atoms with E-state index in [0.29, 0.717) is 11.5 Å². The lowest BCUT2D eigenvalue weighted by Gasteiger charge is -2.24. The number of nitrogens with zero attached hydrogens (tertiary/aromatic N) is 1. The first-order chi connectivity index (χ1) is 11.3. The topological polar surface area (TPSA) is 70.8 Å². The molecule has 0 bridgehead atoms. The molecule has 1 aromatic heterocycles. The van der Waals surface area contributed by atoms with E-state index in [1.165, 1.54) is 6.07 Å². The first kappa shape index (κ1) is 16.3. The number of rotatable bonds is 5. The highest BCUT2D eigenvalue weighted by molar-refractivity contribution is 5.91. The number of amides is 1. The van der Waals surface area contributed by atoms with Crippen LogP contribution in [0.3, 0.4) is 0 Å². The van der Waals surface area contributed by atoms with Gasteiger partial charge in [-0.05, 0) is 43.9 Å². The number of carboxylic acid groups (broad SMARTS) is 1. The fourth-order valence-corrected chi connectivity index (χ4v) is 3.34. The standard InChI is InChI=1S/C19H21NO4/c1-12-6-4-5-7-16(12)19(8-9-19)18(23)20(3)11-14-10-15(17(21)22)13(2)24-14/h4-7,10H,8-9,11H2,1-3H3,(H,21,22). The van der Waals surface area contributed by atoms with Crippen LogP contribution >= 0.6 is 0 Å². The highest BCUT2D eigenvalue weighted by atomic mass is 16.4. The van der Waals surface area contributed by atoms with Crippen LogP contribution in [0.5, 0.6) is 0 Å². The zero-order valence-electron chi connectivity index (χ0n) is 14.1. The SMILES string of the molecule is Cc1ccccc1C1(C(=O)N(C)Cc2cc(C(=O)O)c(C)o2)CC1. The normalized spacial score (nSPS) is 15.1. The van der Waals surface area contributed by atoms with Gasteiger partial charge in [-0.15, -0.1) is 0 Å². The van der Waals surface area contributed by atoms with Crippen molar-refractivity contribution < 1.29 is 19.1 Å². The summed E-state index contributed by atoms with van der Waals surface area (Å²) in [6.07, 6.45) is 1.69. The Balaban J connectivity index is 1.79. The Morgan fingerprint density at radius 1 is 1.25 bits per heavy atom. The quantitative estimate of drug-likeness (QED) is 0.915. The Morgan fingerprint density at radius 3 is 2.46 bits per heavy atom. The average molecular weight is 327 g/mol. The van der Waals surface area contributed by atoms with Gasteiger partial charge in [-0.3, -0.25) is 4.79 Å². The maximum absolute atomic E-state index is 13.0. The molecule has 0 spiro atoms. The first-order valence-electron chi connectivity index (χ1n) is 7.99. The van der Waals surface area contributed by atoms with Crippen LogP contribution in [-0.2, 0) is 16.8 Å². The molecular formula is C19H21NO4. The molecule has 24 heavy (non-hydrogen) atoms. The summed E-state index contributed by atoms with van der Waals surface area (Å²) >= 11 is 0. The number of aromatic carboxylic acids is 1. The summed E-state index contributed by atoms with van der Waals surface area (Å²) in [6.45, 7) is 3.91. The van der Waals surface area contributed by atoms with Crippen molar-refractivity contribution in [3.05, 3.63) is 58.5 Å².